The average molecular weight is 249 g/mol. The van der Waals surface area contributed by atoms with Crippen LogP contribution in [0.5, 0.6) is 0 Å². The lowest BCUT2D eigenvalue weighted by Gasteiger charge is -2.34. The molecular weight excluding hydrogens is 224 g/mol. The van der Waals surface area contributed by atoms with Gasteiger partial charge in [-0.05, 0) is 5.92 Å². The van der Waals surface area contributed by atoms with Crippen molar-refractivity contribution in [3.8, 4) is 0 Å². The van der Waals surface area contributed by atoms with Gasteiger partial charge in [-0.1, -0.05) is 13.8 Å². The minimum absolute atomic E-state index is 0.639. The first kappa shape index (κ1) is 14.2. The first-order valence-electron chi connectivity index (χ1n) is 6.30. The van der Waals surface area contributed by atoms with Gasteiger partial charge in [0.15, 0.2) is 0 Å². The second-order valence-electron chi connectivity index (χ2n) is 4.84. The zero-order chi connectivity index (χ0) is 11.8. The van der Waals surface area contributed by atoms with Gasteiger partial charge >= 0.3 is 0 Å². The smallest absolute Gasteiger partial charge is 0.0593 e. The molecule has 3 nitrogen and oxygen atoms in total. The fraction of sp³-hybridized carbons (Fsp3) is 1.00. The van der Waals surface area contributed by atoms with Gasteiger partial charge in [0.25, 0.3) is 0 Å². The minimum atomic E-state index is 0.639. The Kier molecular flexibility index (Phi) is 7.37. The molecule has 16 heavy (non-hydrogen) atoms. The number of nitrogens with zero attached hydrogens (tertiary/aromatic N) is 2. The molecule has 1 saturated heterocycles. The van der Waals surface area contributed by atoms with Crippen LogP contribution in [0.2, 0.25) is 0 Å². The summed E-state index contributed by atoms with van der Waals surface area (Å²) in [6, 6.07) is 0. The van der Waals surface area contributed by atoms with Crippen LogP contribution in [-0.4, -0.2) is 68.2 Å². The van der Waals surface area contributed by atoms with Crippen molar-refractivity contribution in [3.05, 3.63) is 0 Å². The summed E-state index contributed by atoms with van der Waals surface area (Å²) in [4.78, 5) is 4.91. The second-order valence-corrected chi connectivity index (χ2v) is 5.22. The van der Waals surface area contributed by atoms with Crippen LogP contribution in [0.1, 0.15) is 13.8 Å². The van der Waals surface area contributed by atoms with Gasteiger partial charge in [-0.15, -0.1) is 11.6 Å². The quantitative estimate of drug-likeness (QED) is 0.502. The zero-order valence-corrected chi connectivity index (χ0v) is 11.4. The maximum atomic E-state index is 5.73. The standard InChI is InChI=1S/C12H25ClN2O/c1-12(2)11-16-10-9-15-7-5-14(4-3-13)6-8-15/h12H,3-11H2,1-2H3. The topological polar surface area (TPSA) is 15.7 Å². The third-order valence-corrected chi connectivity index (χ3v) is 3.04. The predicted octanol–water partition coefficient (Wildman–Crippen LogP) is 1.52. The molecule has 4 heteroatoms. The summed E-state index contributed by atoms with van der Waals surface area (Å²) in [5.41, 5.74) is 0. The summed E-state index contributed by atoms with van der Waals surface area (Å²) in [6.07, 6.45) is 0. The lowest BCUT2D eigenvalue weighted by atomic mass is 10.2. The molecule has 1 heterocycles. The molecule has 0 saturated carbocycles. The van der Waals surface area contributed by atoms with Crippen LogP contribution in [0.15, 0.2) is 0 Å². The molecule has 1 aliphatic rings. The summed E-state index contributed by atoms with van der Waals surface area (Å²) in [5.74, 6) is 1.39. The van der Waals surface area contributed by atoms with Crippen molar-refractivity contribution in [1.29, 1.82) is 0 Å². The molecule has 0 bridgehead atoms. The molecular formula is C12H25ClN2O. The van der Waals surface area contributed by atoms with Crippen molar-refractivity contribution in [1.82, 2.24) is 9.80 Å². The average Bonchev–Trinajstić information content (AvgIpc) is 2.27. The van der Waals surface area contributed by atoms with Crippen LogP contribution in [0.4, 0.5) is 0 Å². The number of hydrogen-bond acceptors (Lipinski definition) is 3. The number of hydrogen-bond donors (Lipinski definition) is 0. The third kappa shape index (κ3) is 6.04. The molecule has 0 aromatic carbocycles. The number of rotatable bonds is 7. The Morgan fingerprint density at radius 2 is 1.62 bits per heavy atom. The van der Waals surface area contributed by atoms with Crippen LogP contribution >= 0.6 is 11.6 Å². The summed E-state index contributed by atoms with van der Waals surface area (Å²) >= 11 is 5.73. The van der Waals surface area contributed by atoms with E-state index in [0.717, 1.165) is 58.4 Å². The molecule has 1 rings (SSSR count). The van der Waals surface area contributed by atoms with E-state index in [2.05, 4.69) is 23.6 Å². The largest absolute Gasteiger partial charge is 0.380 e. The Hall–Kier alpha value is 0.170. The molecule has 0 N–H and O–H groups in total. The highest BCUT2D eigenvalue weighted by Crippen LogP contribution is 2.02. The maximum absolute atomic E-state index is 5.73. The molecule has 1 aliphatic heterocycles. The second kappa shape index (κ2) is 8.29. The maximum Gasteiger partial charge on any atom is 0.0593 e. The summed E-state index contributed by atoms with van der Waals surface area (Å²) < 4.78 is 5.60. The molecule has 0 radical (unpaired) electrons. The zero-order valence-electron chi connectivity index (χ0n) is 10.6. The number of halogens is 1. The van der Waals surface area contributed by atoms with Gasteiger partial charge < -0.3 is 4.74 Å². The predicted molar refractivity (Wildman–Crippen MR) is 69.3 cm³/mol. The minimum Gasteiger partial charge on any atom is -0.380 e. The van der Waals surface area contributed by atoms with E-state index in [-0.39, 0.29) is 0 Å². The van der Waals surface area contributed by atoms with Crippen molar-refractivity contribution in [2.45, 2.75) is 13.8 Å². The molecule has 0 aromatic rings. The van der Waals surface area contributed by atoms with E-state index in [9.17, 15) is 0 Å². The first-order valence-corrected chi connectivity index (χ1v) is 6.84. The van der Waals surface area contributed by atoms with Gasteiger partial charge in [0.05, 0.1) is 6.61 Å². The fourth-order valence-electron chi connectivity index (χ4n) is 1.87. The normalized spacial score (nSPS) is 19.5. The number of piperazine rings is 1. The van der Waals surface area contributed by atoms with Crippen molar-refractivity contribution < 1.29 is 4.74 Å². The van der Waals surface area contributed by atoms with Gasteiger partial charge in [0, 0.05) is 51.8 Å². The molecule has 96 valence electrons. The van der Waals surface area contributed by atoms with Gasteiger partial charge in [-0.25, -0.2) is 0 Å². The summed E-state index contributed by atoms with van der Waals surface area (Å²) in [7, 11) is 0. The van der Waals surface area contributed by atoms with Crippen LogP contribution in [0, 0.1) is 5.92 Å². The van der Waals surface area contributed by atoms with Crippen molar-refractivity contribution in [2.75, 3.05) is 58.4 Å². The Morgan fingerprint density at radius 1 is 1.06 bits per heavy atom. The Balaban J connectivity index is 1.99. The van der Waals surface area contributed by atoms with E-state index >= 15 is 0 Å². The van der Waals surface area contributed by atoms with E-state index in [1.165, 1.54) is 0 Å². The molecule has 0 amide bonds. The SMILES string of the molecule is CC(C)COCCN1CCN(CCCl)CC1. The summed E-state index contributed by atoms with van der Waals surface area (Å²) in [6.45, 7) is 12.8. The molecule has 0 aliphatic carbocycles. The monoisotopic (exact) mass is 248 g/mol. The summed E-state index contributed by atoms with van der Waals surface area (Å²) in [5, 5.41) is 0. The number of alkyl halides is 1. The van der Waals surface area contributed by atoms with E-state index < -0.39 is 0 Å². The van der Waals surface area contributed by atoms with Crippen molar-refractivity contribution >= 4 is 11.6 Å². The lowest BCUT2D eigenvalue weighted by Crippen LogP contribution is -2.47. The molecule has 0 aromatic heterocycles. The van der Waals surface area contributed by atoms with Crippen LogP contribution < -0.4 is 0 Å². The van der Waals surface area contributed by atoms with E-state index in [0.29, 0.717) is 5.92 Å². The Labute approximate surface area is 105 Å². The Morgan fingerprint density at radius 3 is 2.12 bits per heavy atom. The van der Waals surface area contributed by atoms with Crippen LogP contribution in [0.3, 0.4) is 0 Å². The van der Waals surface area contributed by atoms with Crippen molar-refractivity contribution in [3.63, 3.8) is 0 Å². The van der Waals surface area contributed by atoms with Gasteiger partial charge in [0.2, 0.25) is 0 Å². The van der Waals surface area contributed by atoms with Crippen molar-refractivity contribution in [2.24, 2.45) is 5.92 Å². The van der Waals surface area contributed by atoms with Gasteiger partial charge in [-0.2, -0.15) is 0 Å². The van der Waals surface area contributed by atoms with E-state index in [1.807, 2.05) is 0 Å². The van der Waals surface area contributed by atoms with Crippen LogP contribution in [0.25, 0.3) is 0 Å². The first-order chi connectivity index (χ1) is 7.72. The molecule has 0 spiro atoms. The van der Waals surface area contributed by atoms with Crippen LogP contribution in [-0.2, 0) is 4.74 Å². The van der Waals surface area contributed by atoms with Gasteiger partial charge in [-0.3, -0.25) is 9.80 Å². The number of ether oxygens (including phenoxy) is 1. The van der Waals surface area contributed by atoms with Gasteiger partial charge in [0.1, 0.15) is 0 Å². The lowest BCUT2D eigenvalue weighted by molar-refractivity contribution is 0.0658. The Bertz CT molecular complexity index is 170. The molecule has 1 fully saturated rings. The highest BCUT2D eigenvalue weighted by Gasteiger charge is 2.15. The highest BCUT2D eigenvalue weighted by molar-refractivity contribution is 6.18. The highest BCUT2D eigenvalue weighted by atomic mass is 35.5. The molecule has 0 unspecified atom stereocenters. The van der Waals surface area contributed by atoms with E-state index in [1.54, 1.807) is 0 Å². The fourth-order valence-corrected chi connectivity index (χ4v) is 2.11. The van der Waals surface area contributed by atoms with E-state index in [4.69, 9.17) is 16.3 Å². The molecule has 0 atom stereocenters. The third-order valence-electron chi connectivity index (χ3n) is 2.87.